The number of benzene rings is 2. The van der Waals surface area contributed by atoms with Crippen molar-refractivity contribution in [2.75, 3.05) is 6.61 Å². The van der Waals surface area contributed by atoms with E-state index in [1.807, 2.05) is 6.07 Å². The summed E-state index contributed by atoms with van der Waals surface area (Å²) in [5, 5.41) is 11.6. The number of pyridine rings is 1. The van der Waals surface area contributed by atoms with Crippen LogP contribution in [0.4, 0.5) is 4.39 Å². The standard InChI is InChI=1S/C22H17FN4O4/c23-19-10-16(30-13-20(25)28)7-6-15(19)12-27-21(29)18-5-2-8-26-22(18)31-17-4-1-3-14(9-17)11-24/h1-10H,12-13H2,(H2,25,28)(H,27,29). The molecule has 0 spiro atoms. The number of carbonyl (C=O) groups excluding carboxylic acids is 2. The summed E-state index contributed by atoms with van der Waals surface area (Å²) in [7, 11) is 0. The topological polar surface area (TPSA) is 127 Å². The van der Waals surface area contributed by atoms with Crippen LogP contribution >= 0.6 is 0 Å². The summed E-state index contributed by atoms with van der Waals surface area (Å²) in [5.41, 5.74) is 5.75. The minimum atomic E-state index is -0.675. The molecule has 0 aliphatic rings. The minimum Gasteiger partial charge on any atom is -0.484 e. The molecule has 9 heteroatoms. The Hall–Kier alpha value is -4.45. The number of hydrogen-bond acceptors (Lipinski definition) is 6. The van der Waals surface area contributed by atoms with Crippen molar-refractivity contribution < 1.29 is 23.5 Å². The Bertz CT molecular complexity index is 1160. The number of ether oxygens (including phenoxy) is 2. The van der Waals surface area contributed by atoms with Crippen LogP contribution in [0.25, 0.3) is 0 Å². The molecule has 0 unspecified atom stereocenters. The molecule has 0 saturated carbocycles. The predicted octanol–water partition coefficient (Wildman–Crippen LogP) is 2.68. The van der Waals surface area contributed by atoms with Crippen molar-refractivity contribution in [3.8, 4) is 23.4 Å². The third-order valence-corrected chi connectivity index (χ3v) is 4.04. The minimum absolute atomic E-state index is 0.0470. The number of rotatable bonds is 8. The second-order valence-corrected chi connectivity index (χ2v) is 6.29. The summed E-state index contributed by atoms with van der Waals surface area (Å²) in [5.74, 6) is -1.26. The largest absolute Gasteiger partial charge is 0.484 e. The molecule has 3 aromatic rings. The van der Waals surface area contributed by atoms with Crippen LogP contribution in [0.3, 0.4) is 0 Å². The first kappa shape index (κ1) is 21.3. The van der Waals surface area contributed by atoms with Gasteiger partial charge in [0.15, 0.2) is 6.61 Å². The molecular formula is C22H17FN4O4. The van der Waals surface area contributed by atoms with Crippen molar-refractivity contribution >= 4 is 11.8 Å². The highest BCUT2D eigenvalue weighted by molar-refractivity contribution is 5.96. The van der Waals surface area contributed by atoms with Gasteiger partial charge in [-0.25, -0.2) is 9.37 Å². The number of nitrogens with zero attached hydrogens (tertiary/aromatic N) is 2. The van der Waals surface area contributed by atoms with E-state index in [0.29, 0.717) is 11.3 Å². The highest BCUT2D eigenvalue weighted by Gasteiger charge is 2.15. The van der Waals surface area contributed by atoms with E-state index in [9.17, 15) is 14.0 Å². The fraction of sp³-hybridized carbons (Fsp3) is 0.0909. The molecule has 0 aliphatic carbocycles. The Kier molecular flexibility index (Phi) is 6.75. The number of nitrogens with one attached hydrogen (secondary N) is 1. The average molecular weight is 420 g/mol. The van der Waals surface area contributed by atoms with Gasteiger partial charge in [0.25, 0.3) is 11.8 Å². The molecule has 1 heterocycles. The molecule has 0 aliphatic heterocycles. The molecule has 0 bridgehead atoms. The molecule has 2 aromatic carbocycles. The maximum absolute atomic E-state index is 14.3. The number of nitriles is 1. The molecule has 0 atom stereocenters. The third-order valence-electron chi connectivity index (χ3n) is 4.04. The summed E-state index contributed by atoms with van der Waals surface area (Å²) < 4.78 is 25.0. The lowest BCUT2D eigenvalue weighted by atomic mass is 10.2. The number of halogens is 1. The highest BCUT2D eigenvalue weighted by atomic mass is 19.1. The first-order valence-corrected chi connectivity index (χ1v) is 9.07. The zero-order valence-electron chi connectivity index (χ0n) is 16.2. The van der Waals surface area contributed by atoms with Crippen molar-refractivity contribution in [2.45, 2.75) is 6.54 Å². The zero-order valence-corrected chi connectivity index (χ0v) is 16.2. The van der Waals surface area contributed by atoms with Crippen LogP contribution in [0.15, 0.2) is 60.8 Å². The van der Waals surface area contributed by atoms with Gasteiger partial charge in [-0.1, -0.05) is 12.1 Å². The summed E-state index contributed by atoms with van der Waals surface area (Å²) in [4.78, 5) is 27.4. The quantitative estimate of drug-likeness (QED) is 0.577. The van der Waals surface area contributed by atoms with Gasteiger partial charge in [0.1, 0.15) is 22.9 Å². The summed E-state index contributed by atoms with van der Waals surface area (Å²) >= 11 is 0. The van der Waals surface area contributed by atoms with Gasteiger partial charge < -0.3 is 20.5 Å². The molecule has 3 rings (SSSR count). The van der Waals surface area contributed by atoms with Gasteiger partial charge in [-0.2, -0.15) is 5.26 Å². The summed E-state index contributed by atoms with van der Waals surface area (Å²) in [6.45, 7) is -0.463. The molecule has 3 N–H and O–H groups in total. The third kappa shape index (κ3) is 5.77. The van der Waals surface area contributed by atoms with E-state index in [0.717, 1.165) is 6.07 Å². The lowest BCUT2D eigenvalue weighted by Crippen LogP contribution is -2.24. The molecule has 0 saturated heterocycles. The molecule has 0 fully saturated rings. The predicted molar refractivity (Wildman–Crippen MR) is 108 cm³/mol. The van der Waals surface area contributed by atoms with Crippen LogP contribution in [0, 0.1) is 17.1 Å². The molecule has 8 nitrogen and oxygen atoms in total. The van der Waals surface area contributed by atoms with Crippen LogP contribution in [-0.2, 0) is 11.3 Å². The monoisotopic (exact) mass is 420 g/mol. The Morgan fingerprint density at radius 1 is 1.13 bits per heavy atom. The molecule has 1 aromatic heterocycles. The number of nitrogens with two attached hydrogens (primary N) is 1. The Labute approximate surface area is 177 Å². The maximum Gasteiger partial charge on any atom is 0.257 e. The first-order chi connectivity index (χ1) is 15.0. The van der Waals surface area contributed by atoms with Crippen molar-refractivity contribution in [1.82, 2.24) is 10.3 Å². The number of aromatic nitrogens is 1. The number of amides is 2. The Morgan fingerprint density at radius 2 is 1.97 bits per heavy atom. The van der Waals surface area contributed by atoms with Crippen LogP contribution in [0.1, 0.15) is 21.5 Å². The van der Waals surface area contributed by atoms with Gasteiger partial charge in [0, 0.05) is 24.4 Å². The van der Waals surface area contributed by atoms with Crippen LogP contribution in [0.2, 0.25) is 0 Å². The van der Waals surface area contributed by atoms with Crippen LogP contribution in [-0.4, -0.2) is 23.4 Å². The molecular weight excluding hydrogens is 403 g/mol. The Morgan fingerprint density at radius 3 is 2.71 bits per heavy atom. The van der Waals surface area contributed by atoms with E-state index in [1.165, 1.54) is 30.5 Å². The van der Waals surface area contributed by atoms with Gasteiger partial charge >= 0.3 is 0 Å². The molecule has 0 radical (unpaired) electrons. The van der Waals surface area contributed by atoms with Crippen molar-refractivity contribution in [3.63, 3.8) is 0 Å². The van der Waals surface area contributed by atoms with E-state index in [1.54, 1.807) is 24.3 Å². The number of carbonyl (C=O) groups is 2. The summed E-state index contributed by atoms with van der Waals surface area (Å²) in [6.07, 6.45) is 1.46. The smallest absolute Gasteiger partial charge is 0.257 e. The SMILES string of the molecule is N#Cc1cccc(Oc2ncccc2C(=O)NCc2ccc(OCC(N)=O)cc2F)c1. The second kappa shape index (κ2) is 9.84. The van der Waals surface area contributed by atoms with Gasteiger partial charge in [-0.3, -0.25) is 9.59 Å². The van der Waals surface area contributed by atoms with Crippen molar-refractivity contribution in [2.24, 2.45) is 5.73 Å². The summed E-state index contributed by atoms with van der Waals surface area (Å²) in [6, 6.07) is 15.5. The van der Waals surface area contributed by atoms with E-state index in [4.69, 9.17) is 20.5 Å². The highest BCUT2D eigenvalue weighted by Crippen LogP contribution is 2.24. The maximum atomic E-state index is 14.3. The van der Waals surface area contributed by atoms with Crippen LogP contribution < -0.4 is 20.5 Å². The second-order valence-electron chi connectivity index (χ2n) is 6.29. The fourth-order valence-corrected chi connectivity index (χ4v) is 2.57. The van der Waals surface area contributed by atoms with Gasteiger partial charge in [0.05, 0.1) is 11.6 Å². The van der Waals surface area contributed by atoms with Gasteiger partial charge in [-0.15, -0.1) is 0 Å². The lowest BCUT2D eigenvalue weighted by Gasteiger charge is -2.11. The van der Waals surface area contributed by atoms with Crippen molar-refractivity contribution in [3.05, 3.63) is 83.3 Å². The number of hydrogen-bond donors (Lipinski definition) is 2. The van der Waals surface area contributed by atoms with Gasteiger partial charge in [0.2, 0.25) is 5.88 Å². The first-order valence-electron chi connectivity index (χ1n) is 9.07. The van der Waals surface area contributed by atoms with E-state index >= 15 is 0 Å². The van der Waals surface area contributed by atoms with E-state index in [-0.39, 0.29) is 35.9 Å². The normalized spacial score (nSPS) is 10.1. The van der Waals surface area contributed by atoms with Crippen LogP contribution in [0.5, 0.6) is 17.4 Å². The van der Waals surface area contributed by atoms with E-state index < -0.39 is 17.6 Å². The molecule has 2 amide bonds. The lowest BCUT2D eigenvalue weighted by molar-refractivity contribution is -0.119. The van der Waals surface area contributed by atoms with Crippen molar-refractivity contribution in [1.29, 1.82) is 5.26 Å². The van der Waals surface area contributed by atoms with Gasteiger partial charge in [-0.05, 0) is 36.4 Å². The fourth-order valence-electron chi connectivity index (χ4n) is 2.57. The Balaban J connectivity index is 1.69. The number of primary amides is 1. The molecule has 31 heavy (non-hydrogen) atoms. The average Bonchev–Trinajstić information content (AvgIpc) is 2.77. The van der Waals surface area contributed by atoms with E-state index in [2.05, 4.69) is 10.3 Å². The zero-order chi connectivity index (χ0) is 22.2. The molecule has 156 valence electrons.